The van der Waals surface area contributed by atoms with Crippen molar-refractivity contribution in [2.45, 2.75) is 6.54 Å². The van der Waals surface area contributed by atoms with Crippen molar-refractivity contribution in [1.29, 1.82) is 0 Å². The average molecular weight is 250 g/mol. The zero-order valence-electron chi connectivity index (χ0n) is 9.35. The van der Waals surface area contributed by atoms with Crippen LogP contribution in [-0.2, 0) is 6.54 Å². The van der Waals surface area contributed by atoms with Crippen LogP contribution in [0.3, 0.4) is 0 Å². The van der Waals surface area contributed by atoms with E-state index in [0.717, 1.165) is 5.56 Å². The van der Waals surface area contributed by atoms with Gasteiger partial charge in [-0.1, -0.05) is 41.9 Å². The van der Waals surface area contributed by atoms with Crippen molar-refractivity contribution >= 4 is 17.4 Å². The molecule has 4 nitrogen and oxygen atoms in total. The minimum absolute atomic E-state index is 0.304. The summed E-state index contributed by atoms with van der Waals surface area (Å²) < 4.78 is 5.15. The number of aromatic nitrogens is 2. The van der Waals surface area contributed by atoms with Crippen molar-refractivity contribution in [3.05, 3.63) is 47.4 Å². The predicted octanol–water partition coefficient (Wildman–Crippen LogP) is 2.75. The highest BCUT2D eigenvalue weighted by Gasteiger charge is 2.09. The summed E-state index contributed by atoms with van der Waals surface area (Å²) in [5.41, 5.74) is 1.16. The first kappa shape index (κ1) is 11.7. The third kappa shape index (κ3) is 2.85. The van der Waals surface area contributed by atoms with Gasteiger partial charge in [0, 0.05) is 6.54 Å². The summed E-state index contributed by atoms with van der Waals surface area (Å²) in [7, 11) is 1.54. The molecule has 0 spiro atoms. The van der Waals surface area contributed by atoms with Gasteiger partial charge in [-0.2, -0.15) is 0 Å². The zero-order chi connectivity index (χ0) is 12.1. The van der Waals surface area contributed by atoms with Crippen LogP contribution in [0.2, 0.25) is 5.15 Å². The lowest BCUT2D eigenvalue weighted by Gasteiger charge is -2.10. The minimum atomic E-state index is 0.304. The fourth-order valence-corrected chi connectivity index (χ4v) is 1.65. The van der Waals surface area contributed by atoms with E-state index in [-0.39, 0.29) is 0 Å². The number of hydrogen-bond donors (Lipinski definition) is 1. The van der Waals surface area contributed by atoms with Crippen LogP contribution < -0.4 is 10.1 Å². The van der Waals surface area contributed by atoms with E-state index in [9.17, 15) is 0 Å². The lowest BCUT2D eigenvalue weighted by molar-refractivity contribution is 0.413. The average Bonchev–Trinajstić information content (AvgIpc) is 2.37. The number of hydrogen-bond acceptors (Lipinski definition) is 4. The highest BCUT2D eigenvalue weighted by atomic mass is 35.5. The Morgan fingerprint density at radius 1 is 1.24 bits per heavy atom. The van der Waals surface area contributed by atoms with Gasteiger partial charge in [0.05, 0.1) is 7.11 Å². The van der Waals surface area contributed by atoms with Gasteiger partial charge < -0.3 is 10.1 Å². The fourth-order valence-electron chi connectivity index (χ4n) is 1.44. The van der Waals surface area contributed by atoms with E-state index in [2.05, 4.69) is 15.3 Å². The minimum Gasteiger partial charge on any atom is -0.490 e. The summed E-state index contributed by atoms with van der Waals surface area (Å²) in [5, 5.41) is 3.46. The molecule has 0 aliphatic rings. The van der Waals surface area contributed by atoms with E-state index in [1.165, 1.54) is 13.4 Å². The van der Waals surface area contributed by atoms with E-state index in [4.69, 9.17) is 16.3 Å². The Labute approximate surface area is 105 Å². The van der Waals surface area contributed by atoms with E-state index in [1.54, 1.807) is 0 Å². The van der Waals surface area contributed by atoms with Crippen LogP contribution in [0.15, 0.2) is 36.7 Å². The molecule has 0 radical (unpaired) electrons. The van der Waals surface area contributed by atoms with Crippen LogP contribution in [0.4, 0.5) is 5.82 Å². The van der Waals surface area contributed by atoms with Crippen LogP contribution in [0.25, 0.3) is 0 Å². The second kappa shape index (κ2) is 5.50. The Bertz CT molecular complexity index is 490. The van der Waals surface area contributed by atoms with Crippen molar-refractivity contribution in [3.8, 4) is 5.75 Å². The van der Waals surface area contributed by atoms with Gasteiger partial charge in [-0.05, 0) is 5.56 Å². The Balaban J connectivity index is 2.12. The fraction of sp³-hybridized carbons (Fsp3) is 0.167. The maximum atomic E-state index is 5.90. The molecule has 0 unspecified atom stereocenters. The molecular formula is C12H12ClN3O. The number of benzene rings is 1. The molecule has 0 fully saturated rings. The van der Waals surface area contributed by atoms with Crippen molar-refractivity contribution in [3.63, 3.8) is 0 Å². The van der Waals surface area contributed by atoms with Gasteiger partial charge in [0.1, 0.15) is 6.33 Å². The van der Waals surface area contributed by atoms with Gasteiger partial charge in [0.25, 0.3) is 0 Å². The van der Waals surface area contributed by atoms with E-state index >= 15 is 0 Å². The molecule has 0 amide bonds. The molecule has 2 rings (SSSR count). The maximum Gasteiger partial charge on any atom is 0.198 e. The van der Waals surface area contributed by atoms with E-state index in [1.807, 2.05) is 30.3 Å². The van der Waals surface area contributed by atoms with Crippen LogP contribution >= 0.6 is 11.6 Å². The van der Waals surface area contributed by atoms with Crippen LogP contribution in [0, 0.1) is 0 Å². The van der Waals surface area contributed by atoms with Crippen LogP contribution in [-0.4, -0.2) is 17.1 Å². The number of methoxy groups -OCH3 is 1. The van der Waals surface area contributed by atoms with Crippen molar-refractivity contribution in [2.75, 3.05) is 12.4 Å². The number of rotatable bonds is 4. The topological polar surface area (TPSA) is 47.0 Å². The van der Waals surface area contributed by atoms with Gasteiger partial charge in [-0.3, -0.25) is 0 Å². The molecule has 0 saturated carbocycles. The molecule has 1 aromatic carbocycles. The standard InChI is InChI=1S/C12H12ClN3O/c1-17-10-11(13)15-8-16-12(10)14-7-9-5-3-2-4-6-9/h2-6,8H,7H2,1H3,(H,14,15,16). The summed E-state index contributed by atoms with van der Waals surface area (Å²) in [6, 6.07) is 10.0. The number of anilines is 1. The first-order valence-corrected chi connectivity index (χ1v) is 5.51. The van der Waals surface area contributed by atoms with Crippen molar-refractivity contribution < 1.29 is 4.74 Å². The summed E-state index contributed by atoms with van der Waals surface area (Å²) >= 11 is 5.90. The summed E-state index contributed by atoms with van der Waals surface area (Å²) in [6.45, 7) is 0.657. The second-order valence-corrected chi connectivity index (χ2v) is 3.74. The third-order valence-corrected chi connectivity index (χ3v) is 2.54. The van der Waals surface area contributed by atoms with Crippen LogP contribution in [0.5, 0.6) is 5.75 Å². The number of nitrogens with one attached hydrogen (secondary N) is 1. The smallest absolute Gasteiger partial charge is 0.198 e. The SMILES string of the molecule is COc1c(Cl)ncnc1NCc1ccccc1. The monoisotopic (exact) mass is 249 g/mol. The lowest BCUT2D eigenvalue weighted by atomic mass is 10.2. The number of ether oxygens (including phenoxy) is 1. The zero-order valence-corrected chi connectivity index (χ0v) is 10.1. The molecule has 2 aromatic rings. The number of halogens is 1. The largest absolute Gasteiger partial charge is 0.490 e. The molecular weight excluding hydrogens is 238 g/mol. The Morgan fingerprint density at radius 3 is 2.71 bits per heavy atom. The molecule has 5 heteroatoms. The molecule has 0 aliphatic carbocycles. The molecule has 88 valence electrons. The molecule has 0 atom stereocenters. The van der Waals surface area contributed by atoms with Gasteiger partial charge in [-0.25, -0.2) is 9.97 Å². The van der Waals surface area contributed by atoms with E-state index < -0.39 is 0 Å². The Kier molecular flexibility index (Phi) is 3.77. The first-order chi connectivity index (χ1) is 8.31. The Morgan fingerprint density at radius 2 is 2.00 bits per heavy atom. The molecule has 17 heavy (non-hydrogen) atoms. The van der Waals surface area contributed by atoms with E-state index in [0.29, 0.717) is 23.3 Å². The molecule has 1 heterocycles. The van der Waals surface area contributed by atoms with Gasteiger partial charge >= 0.3 is 0 Å². The highest BCUT2D eigenvalue weighted by molar-refractivity contribution is 6.31. The summed E-state index contributed by atoms with van der Waals surface area (Å²) in [4.78, 5) is 7.95. The van der Waals surface area contributed by atoms with Crippen molar-refractivity contribution in [2.24, 2.45) is 0 Å². The molecule has 1 N–H and O–H groups in total. The maximum absolute atomic E-state index is 5.90. The third-order valence-electron chi connectivity index (χ3n) is 2.27. The van der Waals surface area contributed by atoms with Gasteiger partial charge in [-0.15, -0.1) is 0 Å². The van der Waals surface area contributed by atoms with Crippen molar-refractivity contribution in [1.82, 2.24) is 9.97 Å². The highest BCUT2D eigenvalue weighted by Crippen LogP contribution is 2.28. The van der Waals surface area contributed by atoms with Crippen LogP contribution in [0.1, 0.15) is 5.56 Å². The second-order valence-electron chi connectivity index (χ2n) is 3.39. The number of nitrogens with zero attached hydrogens (tertiary/aromatic N) is 2. The Hall–Kier alpha value is -1.81. The lowest BCUT2D eigenvalue weighted by Crippen LogP contribution is -2.04. The summed E-state index contributed by atoms with van der Waals surface area (Å²) in [6.07, 6.45) is 1.40. The molecule has 0 saturated heterocycles. The predicted molar refractivity (Wildman–Crippen MR) is 67.4 cm³/mol. The molecule has 0 bridgehead atoms. The molecule has 0 aliphatic heterocycles. The normalized spacial score (nSPS) is 10.0. The first-order valence-electron chi connectivity index (χ1n) is 5.13. The molecule has 1 aromatic heterocycles. The summed E-state index contributed by atoms with van der Waals surface area (Å²) in [5.74, 6) is 1.06. The van der Waals surface area contributed by atoms with Gasteiger partial charge in [0.15, 0.2) is 16.7 Å². The van der Waals surface area contributed by atoms with Gasteiger partial charge in [0.2, 0.25) is 0 Å². The quantitative estimate of drug-likeness (QED) is 0.847.